The van der Waals surface area contributed by atoms with Crippen molar-refractivity contribution < 1.29 is 13.6 Å². The Hall–Kier alpha value is -0.740. The molecular weight excluding hydrogens is 257 g/mol. The average molecular weight is 273 g/mol. The summed E-state index contributed by atoms with van der Waals surface area (Å²) in [4.78, 5) is 0.357. The quantitative estimate of drug-likeness (QED) is 0.637. The molecule has 0 aliphatic carbocycles. The van der Waals surface area contributed by atoms with Gasteiger partial charge in [-0.2, -0.15) is 0 Å². The second-order valence-electron chi connectivity index (χ2n) is 3.14. The Morgan fingerprint density at radius 2 is 1.76 bits per heavy atom. The van der Waals surface area contributed by atoms with Gasteiger partial charge in [-0.25, -0.2) is 4.57 Å². The maximum Gasteiger partial charge on any atom is 0.433 e. The molecule has 0 saturated heterocycles. The van der Waals surface area contributed by atoms with E-state index in [0.29, 0.717) is 18.2 Å². The van der Waals surface area contributed by atoms with E-state index in [1.165, 1.54) is 0 Å². The van der Waals surface area contributed by atoms with Crippen LogP contribution in [0.3, 0.4) is 0 Å². The van der Waals surface area contributed by atoms with Crippen LogP contribution in [0, 0.1) is 0 Å². The van der Waals surface area contributed by atoms with E-state index in [1.807, 2.05) is 30.3 Å². The van der Waals surface area contributed by atoms with Gasteiger partial charge in [-0.1, -0.05) is 42.5 Å². The summed E-state index contributed by atoms with van der Waals surface area (Å²) in [6.45, 7) is 4.08. The van der Waals surface area contributed by atoms with Crippen LogP contribution >= 0.6 is 20.0 Å². The Labute approximate surface area is 107 Å². The highest BCUT2D eigenvalue weighted by Crippen LogP contribution is 2.43. The fourth-order valence-corrected chi connectivity index (χ4v) is 2.95. The molecule has 1 N–H and O–H groups in total. The van der Waals surface area contributed by atoms with Gasteiger partial charge < -0.3 is 0 Å². The third-order valence-corrected chi connectivity index (χ3v) is 4.06. The van der Waals surface area contributed by atoms with Crippen molar-refractivity contribution in [3.05, 3.63) is 35.9 Å². The summed E-state index contributed by atoms with van der Waals surface area (Å²) in [6, 6.07) is 9.26. The van der Waals surface area contributed by atoms with E-state index in [9.17, 15) is 4.57 Å². The lowest BCUT2D eigenvalue weighted by Crippen LogP contribution is -2.22. The van der Waals surface area contributed by atoms with Crippen molar-refractivity contribution in [1.82, 2.24) is 5.09 Å². The summed E-state index contributed by atoms with van der Waals surface area (Å²) in [5.41, 5.74) is 0.780. The van der Waals surface area contributed by atoms with E-state index in [4.69, 9.17) is 21.3 Å². The summed E-state index contributed by atoms with van der Waals surface area (Å²) in [7, 11) is -3.33. The smallest absolute Gasteiger partial charge is 0.293 e. The molecular formula is C11H16NO3PS. The Kier molecular flexibility index (Phi) is 5.78. The molecule has 0 atom stereocenters. The molecule has 0 aliphatic rings. The van der Waals surface area contributed by atoms with E-state index in [0.717, 1.165) is 5.56 Å². The van der Waals surface area contributed by atoms with Crippen molar-refractivity contribution in [1.29, 1.82) is 0 Å². The van der Waals surface area contributed by atoms with E-state index in [-0.39, 0.29) is 0 Å². The van der Waals surface area contributed by atoms with Crippen molar-refractivity contribution >= 4 is 25.0 Å². The predicted octanol–water partition coefficient (Wildman–Crippen LogP) is 3.13. The van der Waals surface area contributed by atoms with Crippen LogP contribution in [0.4, 0.5) is 0 Å². The number of thiocarbonyl (C=S) groups is 1. The monoisotopic (exact) mass is 273 g/mol. The number of hydrogen-bond donors (Lipinski definition) is 1. The van der Waals surface area contributed by atoms with Crippen LogP contribution in [0.2, 0.25) is 0 Å². The molecule has 0 aliphatic heterocycles. The first-order chi connectivity index (χ1) is 8.11. The van der Waals surface area contributed by atoms with Gasteiger partial charge in [0.05, 0.1) is 13.2 Å². The lowest BCUT2D eigenvalue weighted by molar-refractivity contribution is 0.216. The summed E-state index contributed by atoms with van der Waals surface area (Å²) in [6.07, 6.45) is 0. The average Bonchev–Trinajstić information content (AvgIpc) is 2.30. The van der Waals surface area contributed by atoms with Gasteiger partial charge in [-0.3, -0.25) is 14.1 Å². The van der Waals surface area contributed by atoms with Crippen LogP contribution in [-0.2, 0) is 13.6 Å². The highest BCUT2D eigenvalue weighted by Gasteiger charge is 2.24. The van der Waals surface area contributed by atoms with Crippen LogP contribution < -0.4 is 5.09 Å². The van der Waals surface area contributed by atoms with Crippen molar-refractivity contribution in [3.8, 4) is 0 Å². The highest BCUT2D eigenvalue weighted by molar-refractivity contribution is 7.81. The third-order valence-electron chi connectivity index (χ3n) is 1.87. The van der Waals surface area contributed by atoms with E-state index in [1.54, 1.807) is 13.8 Å². The SMILES string of the molecule is CCOP(=O)(NC(=S)c1ccccc1)OCC. The maximum atomic E-state index is 12.2. The summed E-state index contributed by atoms with van der Waals surface area (Å²) < 4.78 is 22.3. The van der Waals surface area contributed by atoms with Crippen molar-refractivity contribution in [3.63, 3.8) is 0 Å². The first-order valence-corrected chi connectivity index (χ1v) is 7.33. The molecule has 0 bridgehead atoms. The molecule has 0 aromatic heterocycles. The van der Waals surface area contributed by atoms with Crippen LogP contribution in [0.15, 0.2) is 30.3 Å². The number of benzene rings is 1. The lowest BCUT2D eigenvalue weighted by Gasteiger charge is -2.18. The van der Waals surface area contributed by atoms with Gasteiger partial charge in [0, 0.05) is 5.56 Å². The minimum absolute atomic E-state index is 0.293. The molecule has 0 amide bonds. The zero-order valence-electron chi connectivity index (χ0n) is 9.88. The maximum absolute atomic E-state index is 12.2. The van der Waals surface area contributed by atoms with Gasteiger partial charge in [-0.05, 0) is 13.8 Å². The Bertz CT molecular complexity index is 400. The van der Waals surface area contributed by atoms with Gasteiger partial charge in [0.2, 0.25) is 0 Å². The topological polar surface area (TPSA) is 47.6 Å². The van der Waals surface area contributed by atoms with Crippen LogP contribution in [0.1, 0.15) is 19.4 Å². The van der Waals surface area contributed by atoms with Gasteiger partial charge in [0.25, 0.3) is 0 Å². The molecule has 0 fully saturated rings. The van der Waals surface area contributed by atoms with Gasteiger partial charge in [-0.15, -0.1) is 0 Å². The van der Waals surface area contributed by atoms with Crippen molar-refractivity contribution in [2.75, 3.05) is 13.2 Å². The molecule has 0 radical (unpaired) electrons. The minimum atomic E-state index is -3.33. The standard InChI is InChI=1S/C11H16NO3PS/c1-3-14-16(13,15-4-2)12-11(17)10-8-6-5-7-9-10/h5-9H,3-4H2,1-2H3,(H,12,13,17). The number of rotatable bonds is 6. The first-order valence-electron chi connectivity index (χ1n) is 5.38. The molecule has 1 aromatic rings. The normalized spacial score (nSPS) is 11.2. The van der Waals surface area contributed by atoms with Gasteiger partial charge in [0.1, 0.15) is 4.99 Å². The molecule has 4 nitrogen and oxygen atoms in total. The molecule has 0 unspecified atom stereocenters. The van der Waals surface area contributed by atoms with Crippen LogP contribution in [0.25, 0.3) is 0 Å². The fraction of sp³-hybridized carbons (Fsp3) is 0.364. The molecule has 0 saturated carbocycles. The number of hydrogen-bond acceptors (Lipinski definition) is 4. The van der Waals surface area contributed by atoms with Gasteiger partial charge in [0.15, 0.2) is 0 Å². The van der Waals surface area contributed by atoms with Crippen molar-refractivity contribution in [2.24, 2.45) is 0 Å². The Morgan fingerprint density at radius 1 is 1.24 bits per heavy atom. The van der Waals surface area contributed by atoms with E-state index >= 15 is 0 Å². The molecule has 0 spiro atoms. The third kappa shape index (κ3) is 4.56. The second kappa shape index (κ2) is 6.87. The largest absolute Gasteiger partial charge is 0.433 e. The van der Waals surface area contributed by atoms with Crippen molar-refractivity contribution in [2.45, 2.75) is 13.8 Å². The molecule has 1 aromatic carbocycles. The Morgan fingerprint density at radius 3 is 2.24 bits per heavy atom. The molecule has 0 heterocycles. The first kappa shape index (κ1) is 14.3. The highest BCUT2D eigenvalue weighted by atomic mass is 32.1. The molecule has 17 heavy (non-hydrogen) atoms. The zero-order chi connectivity index (χ0) is 12.7. The number of nitrogens with one attached hydrogen (secondary N) is 1. The summed E-state index contributed by atoms with van der Waals surface area (Å²) in [5, 5.41) is 2.65. The minimum Gasteiger partial charge on any atom is -0.293 e. The van der Waals surface area contributed by atoms with Crippen LogP contribution in [0.5, 0.6) is 0 Å². The summed E-state index contributed by atoms with van der Waals surface area (Å²) in [5.74, 6) is 0. The van der Waals surface area contributed by atoms with Crippen LogP contribution in [-0.4, -0.2) is 18.2 Å². The summed E-state index contributed by atoms with van der Waals surface area (Å²) >= 11 is 5.15. The lowest BCUT2D eigenvalue weighted by atomic mass is 10.2. The molecule has 6 heteroatoms. The zero-order valence-corrected chi connectivity index (χ0v) is 11.6. The van der Waals surface area contributed by atoms with E-state index in [2.05, 4.69) is 5.09 Å². The van der Waals surface area contributed by atoms with Gasteiger partial charge >= 0.3 is 7.75 Å². The predicted molar refractivity (Wildman–Crippen MR) is 72.1 cm³/mol. The second-order valence-corrected chi connectivity index (χ2v) is 5.28. The van der Waals surface area contributed by atoms with E-state index < -0.39 is 7.75 Å². The molecule has 1 rings (SSSR count). The Balaban J connectivity index is 2.74. The fourth-order valence-electron chi connectivity index (χ4n) is 1.22. The molecule has 94 valence electrons.